The van der Waals surface area contributed by atoms with Crippen LogP contribution in [0.2, 0.25) is 10.0 Å². The lowest BCUT2D eigenvalue weighted by Crippen LogP contribution is -2.37. The fourth-order valence-corrected chi connectivity index (χ4v) is 2.52. The van der Waals surface area contributed by atoms with Crippen molar-refractivity contribution in [1.29, 1.82) is 0 Å². The number of hydrogen-bond acceptors (Lipinski definition) is 3. The van der Waals surface area contributed by atoms with Gasteiger partial charge in [0, 0.05) is 41.1 Å². The molecule has 1 atom stereocenters. The number of carbonyl (C=O) groups excluding carboxylic acids is 1. The number of aliphatic hydroxyl groups excluding tert-OH is 1. The van der Waals surface area contributed by atoms with E-state index in [1.54, 1.807) is 42.7 Å². The molecule has 0 radical (unpaired) electrons. The van der Waals surface area contributed by atoms with Gasteiger partial charge in [-0.15, -0.1) is 0 Å². The highest BCUT2D eigenvalue weighted by molar-refractivity contribution is 6.36. The summed E-state index contributed by atoms with van der Waals surface area (Å²) in [5.41, 5.74) is 1.33. The molecule has 1 aromatic heterocycles. The normalized spacial score (nSPS) is 11.8. The topological polar surface area (TPSA) is 74.2 Å². The Labute approximate surface area is 138 Å². The first-order valence-corrected chi connectivity index (χ1v) is 7.36. The van der Waals surface area contributed by atoms with Crippen LogP contribution in [-0.2, 0) is 6.54 Å². The van der Waals surface area contributed by atoms with Crippen molar-refractivity contribution in [1.82, 2.24) is 15.6 Å². The van der Waals surface area contributed by atoms with Gasteiger partial charge in [-0.1, -0.05) is 29.3 Å². The van der Waals surface area contributed by atoms with Gasteiger partial charge in [0.05, 0.1) is 6.10 Å². The molecular formula is C15H15Cl2N3O2. The van der Waals surface area contributed by atoms with Crippen LogP contribution in [0.5, 0.6) is 0 Å². The predicted molar refractivity (Wildman–Crippen MR) is 85.9 cm³/mol. The minimum atomic E-state index is -0.979. The molecule has 2 aromatic rings. The van der Waals surface area contributed by atoms with E-state index in [2.05, 4.69) is 15.6 Å². The number of amides is 2. The van der Waals surface area contributed by atoms with Gasteiger partial charge < -0.3 is 15.7 Å². The average molecular weight is 340 g/mol. The quantitative estimate of drug-likeness (QED) is 0.783. The molecule has 0 saturated heterocycles. The van der Waals surface area contributed by atoms with Crippen molar-refractivity contribution in [2.45, 2.75) is 12.6 Å². The van der Waals surface area contributed by atoms with Crippen molar-refractivity contribution in [3.63, 3.8) is 0 Å². The van der Waals surface area contributed by atoms with Crippen LogP contribution in [-0.4, -0.2) is 22.7 Å². The Morgan fingerprint density at radius 3 is 2.41 bits per heavy atom. The number of aromatic nitrogens is 1. The molecule has 0 aliphatic heterocycles. The molecule has 0 aliphatic carbocycles. The molecule has 1 heterocycles. The second-order valence-corrected chi connectivity index (χ2v) is 5.38. The molecule has 0 bridgehead atoms. The van der Waals surface area contributed by atoms with Gasteiger partial charge in [0.1, 0.15) is 0 Å². The van der Waals surface area contributed by atoms with E-state index in [0.717, 1.165) is 5.56 Å². The lowest BCUT2D eigenvalue weighted by Gasteiger charge is -2.15. The summed E-state index contributed by atoms with van der Waals surface area (Å²) in [5, 5.41) is 16.1. The lowest BCUT2D eigenvalue weighted by atomic mass is 10.1. The number of nitrogens with one attached hydrogen (secondary N) is 2. The van der Waals surface area contributed by atoms with Gasteiger partial charge in [-0.25, -0.2) is 4.79 Å². The maximum absolute atomic E-state index is 11.7. The first-order chi connectivity index (χ1) is 10.6. The summed E-state index contributed by atoms with van der Waals surface area (Å²) in [6.45, 7) is 0.378. The van der Waals surface area contributed by atoms with Crippen molar-refractivity contribution in [3.8, 4) is 0 Å². The number of benzene rings is 1. The number of aliphatic hydroxyl groups is 1. The maximum atomic E-state index is 11.7. The van der Waals surface area contributed by atoms with E-state index in [4.69, 9.17) is 23.2 Å². The van der Waals surface area contributed by atoms with Gasteiger partial charge >= 0.3 is 6.03 Å². The molecule has 1 unspecified atom stereocenters. The Morgan fingerprint density at radius 1 is 1.14 bits per heavy atom. The zero-order chi connectivity index (χ0) is 15.9. The van der Waals surface area contributed by atoms with Gasteiger partial charge in [-0.3, -0.25) is 4.98 Å². The van der Waals surface area contributed by atoms with Gasteiger partial charge in [0.15, 0.2) is 0 Å². The summed E-state index contributed by atoms with van der Waals surface area (Å²) in [5.74, 6) is 0. The molecule has 0 fully saturated rings. The van der Waals surface area contributed by atoms with Crippen molar-refractivity contribution in [2.75, 3.05) is 6.54 Å². The van der Waals surface area contributed by atoms with Gasteiger partial charge in [-0.05, 0) is 29.8 Å². The SMILES string of the molecule is O=C(NCc1ccncc1)NCC(O)c1c(Cl)cccc1Cl. The fourth-order valence-electron chi connectivity index (χ4n) is 1.87. The van der Waals surface area contributed by atoms with Crippen LogP contribution in [0, 0.1) is 0 Å². The van der Waals surface area contributed by atoms with E-state index >= 15 is 0 Å². The summed E-state index contributed by atoms with van der Waals surface area (Å²) < 4.78 is 0. The highest BCUT2D eigenvalue weighted by Crippen LogP contribution is 2.29. The first kappa shape index (κ1) is 16.5. The Hall–Kier alpha value is -1.82. The van der Waals surface area contributed by atoms with Crippen LogP contribution in [0.3, 0.4) is 0 Å². The van der Waals surface area contributed by atoms with Crippen LogP contribution in [0.15, 0.2) is 42.7 Å². The monoisotopic (exact) mass is 339 g/mol. The van der Waals surface area contributed by atoms with Gasteiger partial charge in [0.2, 0.25) is 0 Å². The number of halogens is 2. The number of urea groups is 1. The number of carbonyl (C=O) groups is 1. The van der Waals surface area contributed by atoms with E-state index in [0.29, 0.717) is 22.2 Å². The molecule has 0 saturated carbocycles. The molecule has 1 aromatic carbocycles. The van der Waals surface area contributed by atoms with Crippen molar-refractivity contribution in [3.05, 3.63) is 63.9 Å². The Balaban J connectivity index is 1.83. The minimum Gasteiger partial charge on any atom is -0.386 e. The van der Waals surface area contributed by atoms with Gasteiger partial charge in [-0.2, -0.15) is 0 Å². The average Bonchev–Trinajstić information content (AvgIpc) is 2.52. The number of nitrogens with zero attached hydrogens (tertiary/aromatic N) is 1. The number of hydrogen-bond donors (Lipinski definition) is 3. The van der Waals surface area contributed by atoms with Crippen LogP contribution in [0.4, 0.5) is 4.79 Å². The molecule has 7 heteroatoms. The molecule has 0 spiro atoms. The maximum Gasteiger partial charge on any atom is 0.315 e. The Bertz CT molecular complexity index is 618. The fraction of sp³-hybridized carbons (Fsp3) is 0.200. The van der Waals surface area contributed by atoms with Crippen LogP contribution >= 0.6 is 23.2 Å². The minimum absolute atomic E-state index is 0.00559. The zero-order valence-electron chi connectivity index (χ0n) is 11.6. The number of pyridine rings is 1. The largest absolute Gasteiger partial charge is 0.386 e. The van der Waals surface area contributed by atoms with Crippen molar-refractivity contribution in [2.24, 2.45) is 0 Å². The third kappa shape index (κ3) is 4.59. The Morgan fingerprint density at radius 2 is 1.77 bits per heavy atom. The van der Waals surface area contributed by atoms with Crippen LogP contribution in [0.25, 0.3) is 0 Å². The summed E-state index contributed by atoms with van der Waals surface area (Å²) >= 11 is 12.0. The molecule has 2 rings (SSSR count). The van der Waals surface area contributed by atoms with E-state index in [-0.39, 0.29) is 12.6 Å². The summed E-state index contributed by atoms with van der Waals surface area (Å²) in [6, 6.07) is 8.18. The highest BCUT2D eigenvalue weighted by Gasteiger charge is 2.16. The third-order valence-corrected chi connectivity index (χ3v) is 3.65. The molecule has 0 aliphatic rings. The molecule has 116 valence electrons. The summed E-state index contributed by atoms with van der Waals surface area (Å²) in [4.78, 5) is 15.6. The first-order valence-electron chi connectivity index (χ1n) is 6.60. The molecule has 22 heavy (non-hydrogen) atoms. The van der Waals surface area contributed by atoms with Gasteiger partial charge in [0.25, 0.3) is 0 Å². The predicted octanol–water partition coefficient (Wildman–Crippen LogP) is 2.92. The summed E-state index contributed by atoms with van der Waals surface area (Å²) in [7, 11) is 0. The smallest absolute Gasteiger partial charge is 0.315 e. The zero-order valence-corrected chi connectivity index (χ0v) is 13.1. The molecule has 3 N–H and O–H groups in total. The lowest BCUT2D eigenvalue weighted by molar-refractivity contribution is 0.173. The summed E-state index contributed by atoms with van der Waals surface area (Å²) in [6.07, 6.45) is 2.32. The molecular weight excluding hydrogens is 325 g/mol. The van der Waals surface area contributed by atoms with E-state index in [9.17, 15) is 9.90 Å². The van der Waals surface area contributed by atoms with Crippen LogP contribution < -0.4 is 10.6 Å². The van der Waals surface area contributed by atoms with Crippen LogP contribution in [0.1, 0.15) is 17.2 Å². The molecule has 2 amide bonds. The van der Waals surface area contributed by atoms with Crippen molar-refractivity contribution < 1.29 is 9.90 Å². The van der Waals surface area contributed by atoms with E-state index in [1.165, 1.54) is 0 Å². The third-order valence-electron chi connectivity index (χ3n) is 2.99. The van der Waals surface area contributed by atoms with Crippen molar-refractivity contribution >= 4 is 29.2 Å². The second kappa shape index (κ2) is 7.98. The Kier molecular flexibility index (Phi) is 6.00. The highest BCUT2D eigenvalue weighted by atomic mass is 35.5. The number of rotatable bonds is 5. The molecule has 5 nitrogen and oxygen atoms in total. The second-order valence-electron chi connectivity index (χ2n) is 4.57. The standard InChI is InChI=1S/C15H15Cl2N3O2/c16-11-2-1-3-12(17)14(11)13(21)9-20-15(22)19-8-10-4-6-18-7-5-10/h1-7,13,21H,8-9H2,(H2,19,20,22). The van der Waals surface area contributed by atoms with E-state index < -0.39 is 6.10 Å². The van der Waals surface area contributed by atoms with E-state index in [1.807, 2.05) is 0 Å².